The second kappa shape index (κ2) is 10.3. The van der Waals surface area contributed by atoms with E-state index in [0.29, 0.717) is 24.8 Å². The first-order valence-corrected chi connectivity index (χ1v) is 13.7. The average Bonchev–Trinajstić information content (AvgIpc) is 3.06. The summed E-state index contributed by atoms with van der Waals surface area (Å²) in [5.74, 6) is 0.914. The van der Waals surface area contributed by atoms with Crippen LogP contribution in [0.25, 0.3) is 0 Å². The maximum atomic E-state index is 13.1. The predicted molar refractivity (Wildman–Crippen MR) is 135 cm³/mol. The topological polar surface area (TPSA) is 88.6 Å². The predicted octanol–water partition coefficient (Wildman–Crippen LogP) is 4.94. The molecule has 1 saturated heterocycles. The Labute approximate surface area is 203 Å². The molecule has 0 saturated carbocycles. The molecule has 0 bridgehead atoms. The van der Waals surface area contributed by atoms with E-state index in [1.165, 1.54) is 11.6 Å². The first kappa shape index (κ1) is 26.0. The van der Waals surface area contributed by atoms with Crippen molar-refractivity contribution < 1.29 is 17.9 Å². The second-order valence-electron chi connectivity index (χ2n) is 10.5. The quantitative estimate of drug-likeness (QED) is 0.531. The SMILES string of the molecule is CC(C)(C)OC(=O)N1CC(CCCNc2cccc(S(C)(=O)=O)n2)CC1(C)Cc1ccccc1. The van der Waals surface area contributed by atoms with Gasteiger partial charge in [0, 0.05) is 24.9 Å². The van der Waals surface area contributed by atoms with Crippen LogP contribution in [-0.4, -0.2) is 54.9 Å². The molecule has 7 nitrogen and oxygen atoms in total. The van der Waals surface area contributed by atoms with Gasteiger partial charge in [-0.15, -0.1) is 0 Å². The van der Waals surface area contributed by atoms with Gasteiger partial charge >= 0.3 is 6.09 Å². The highest BCUT2D eigenvalue weighted by molar-refractivity contribution is 7.90. The summed E-state index contributed by atoms with van der Waals surface area (Å²) in [5.41, 5.74) is 0.352. The number of anilines is 1. The minimum absolute atomic E-state index is 0.0676. The van der Waals surface area contributed by atoms with E-state index in [0.717, 1.165) is 31.9 Å². The summed E-state index contributed by atoms with van der Waals surface area (Å²) in [6.07, 6.45) is 4.42. The van der Waals surface area contributed by atoms with Crippen molar-refractivity contribution in [3.63, 3.8) is 0 Å². The Balaban J connectivity index is 1.62. The van der Waals surface area contributed by atoms with Gasteiger partial charge in [0.1, 0.15) is 11.4 Å². The van der Waals surface area contributed by atoms with Gasteiger partial charge in [0.2, 0.25) is 0 Å². The molecule has 186 valence electrons. The molecule has 2 heterocycles. The summed E-state index contributed by atoms with van der Waals surface area (Å²) in [7, 11) is -3.34. The Kier molecular flexibility index (Phi) is 7.91. The highest BCUT2D eigenvalue weighted by Crippen LogP contribution is 2.38. The number of nitrogens with zero attached hydrogens (tertiary/aromatic N) is 2. The Morgan fingerprint density at radius 1 is 1.18 bits per heavy atom. The third-order valence-electron chi connectivity index (χ3n) is 6.06. The molecule has 8 heteroatoms. The van der Waals surface area contributed by atoms with Crippen LogP contribution in [0.3, 0.4) is 0 Å². The molecule has 3 rings (SSSR count). The van der Waals surface area contributed by atoms with Gasteiger partial charge in [-0.2, -0.15) is 0 Å². The van der Waals surface area contributed by atoms with Crippen molar-refractivity contribution in [2.24, 2.45) is 5.92 Å². The smallest absolute Gasteiger partial charge is 0.410 e. The highest BCUT2D eigenvalue weighted by atomic mass is 32.2. The molecular weight excluding hydrogens is 450 g/mol. The summed E-state index contributed by atoms with van der Waals surface area (Å²) < 4.78 is 29.2. The summed E-state index contributed by atoms with van der Waals surface area (Å²) in [6.45, 7) is 9.18. The Morgan fingerprint density at radius 3 is 2.53 bits per heavy atom. The second-order valence-corrected chi connectivity index (χ2v) is 12.5. The fourth-order valence-electron chi connectivity index (χ4n) is 4.61. The van der Waals surface area contributed by atoms with Gasteiger partial charge < -0.3 is 15.0 Å². The minimum Gasteiger partial charge on any atom is -0.444 e. The van der Waals surface area contributed by atoms with Gasteiger partial charge in [0.05, 0.1) is 0 Å². The summed E-state index contributed by atoms with van der Waals surface area (Å²) in [5, 5.41) is 3.29. The van der Waals surface area contributed by atoms with Crippen LogP contribution >= 0.6 is 0 Å². The summed E-state index contributed by atoms with van der Waals surface area (Å²) >= 11 is 0. The molecule has 2 aromatic rings. The number of hydrogen-bond acceptors (Lipinski definition) is 6. The first-order chi connectivity index (χ1) is 15.9. The number of likely N-dealkylation sites (tertiary alicyclic amines) is 1. The van der Waals surface area contributed by atoms with Gasteiger partial charge in [-0.25, -0.2) is 18.2 Å². The van der Waals surface area contributed by atoms with E-state index in [2.05, 4.69) is 29.4 Å². The normalized spacial score (nSPS) is 20.9. The maximum Gasteiger partial charge on any atom is 0.410 e. The van der Waals surface area contributed by atoms with Gasteiger partial charge in [-0.3, -0.25) is 0 Å². The van der Waals surface area contributed by atoms with E-state index in [-0.39, 0.29) is 16.7 Å². The number of carbonyl (C=O) groups is 1. The number of pyridine rings is 1. The first-order valence-electron chi connectivity index (χ1n) is 11.8. The number of benzene rings is 1. The van der Waals surface area contributed by atoms with Crippen molar-refractivity contribution in [3.05, 3.63) is 54.1 Å². The van der Waals surface area contributed by atoms with Crippen LogP contribution in [-0.2, 0) is 21.0 Å². The third-order valence-corrected chi connectivity index (χ3v) is 7.05. The van der Waals surface area contributed by atoms with Crippen LogP contribution in [0.2, 0.25) is 0 Å². The molecule has 34 heavy (non-hydrogen) atoms. The van der Waals surface area contributed by atoms with Crippen LogP contribution < -0.4 is 5.32 Å². The lowest BCUT2D eigenvalue weighted by atomic mass is 9.86. The molecule has 2 unspecified atom stereocenters. The van der Waals surface area contributed by atoms with Crippen molar-refractivity contribution in [1.82, 2.24) is 9.88 Å². The Morgan fingerprint density at radius 2 is 1.88 bits per heavy atom. The molecule has 0 spiro atoms. The van der Waals surface area contributed by atoms with E-state index in [9.17, 15) is 13.2 Å². The number of nitrogens with one attached hydrogen (secondary N) is 1. The van der Waals surface area contributed by atoms with Crippen molar-refractivity contribution in [2.75, 3.05) is 24.7 Å². The Hall–Kier alpha value is -2.61. The summed E-state index contributed by atoms with van der Waals surface area (Å²) in [6, 6.07) is 15.2. The van der Waals surface area contributed by atoms with Crippen molar-refractivity contribution in [2.45, 2.75) is 69.5 Å². The molecule has 1 aromatic carbocycles. The largest absolute Gasteiger partial charge is 0.444 e. The van der Waals surface area contributed by atoms with Crippen LogP contribution in [0.4, 0.5) is 10.6 Å². The van der Waals surface area contributed by atoms with E-state index >= 15 is 0 Å². The molecule has 0 radical (unpaired) electrons. The number of sulfone groups is 1. The van der Waals surface area contributed by atoms with E-state index in [4.69, 9.17) is 4.74 Å². The average molecular weight is 488 g/mol. The molecular formula is C26H37N3O4S. The standard InChI is InChI=1S/C26H37N3O4S/c1-25(2,3)33-24(30)29-19-21(18-26(29,4)17-20-11-7-6-8-12-20)13-10-16-27-22-14-9-15-23(28-22)34(5,31)32/h6-9,11-12,14-15,21H,10,13,16-19H2,1-5H3,(H,27,28). The Bertz CT molecular complexity index is 1080. The van der Waals surface area contributed by atoms with Gasteiger partial charge in [-0.05, 0) is 77.0 Å². The van der Waals surface area contributed by atoms with E-state index in [1.54, 1.807) is 12.1 Å². The van der Waals surface area contributed by atoms with E-state index < -0.39 is 15.4 Å². The fourth-order valence-corrected chi connectivity index (χ4v) is 5.20. The fraction of sp³-hybridized carbons (Fsp3) is 0.538. The van der Waals surface area contributed by atoms with Crippen molar-refractivity contribution >= 4 is 21.7 Å². The molecule has 1 aliphatic heterocycles. The van der Waals surface area contributed by atoms with Crippen molar-refractivity contribution in [1.29, 1.82) is 0 Å². The number of hydrogen-bond donors (Lipinski definition) is 1. The van der Waals surface area contributed by atoms with Gasteiger partial charge in [0.15, 0.2) is 14.9 Å². The van der Waals surface area contributed by atoms with Crippen LogP contribution in [0.5, 0.6) is 0 Å². The lowest BCUT2D eigenvalue weighted by molar-refractivity contribution is 0.0105. The van der Waals surface area contributed by atoms with Crippen LogP contribution in [0, 0.1) is 5.92 Å². The molecule has 1 amide bonds. The van der Waals surface area contributed by atoms with Gasteiger partial charge in [0.25, 0.3) is 0 Å². The van der Waals surface area contributed by atoms with Crippen molar-refractivity contribution in [3.8, 4) is 0 Å². The molecule has 1 aliphatic rings. The van der Waals surface area contributed by atoms with Crippen LogP contribution in [0.1, 0.15) is 52.5 Å². The highest BCUT2D eigenvalue weighted by Gasteiger charge is 2.45. The van der Waals surface area contributed by atoms with Gasteiger partial charge in [-0.1, -0.05) is 36.4 Å². The molecule has 2 atom stereocenters. The minimum atomic E-state index is -3.34. The maximum absolute atomic E-state index is 13.1. The number of amides is 1. The lowest BCUT2D eigenvalue weighted by Gasteiger charge is -2.36. The van der Waals surface area contributed by atoms with Crippen LogP contribution in [0.15, 0.2) is 53.6 Å². The summed E-state index contributed by atoms with van der Waals surface area (Å²) in [4.78, 5) is 19.2. The number of aromatic nitrogens is 1. The molecule has 0 aliphatic carbocycles. The zero-order valence-corrected chi connectivity index (χ0v) is 21.7. The number of carbonyl (C=O) groups excluding carboxylic acids is 1. The molecule has 1 fully saturated rings. The monoisotopic (exact) mass is 487 g/mol. The lowest BCUT2D eigenvalue weighted by Crippen LogP contribution is -2.48. The zero-order valence-electron chi connectivity index (χ0n) is 20.9. The van der Waals surface area contributed by atoms with E-state index in [1.807, 2.05) is 43.9 Å². The molecule has 1 aromatic heterocycles. The number of ether oxygens (including phenoxy) is 1. The third kappa shape index (κ3) is 7.19. The zero-order chi connectivity index (χ0) is 25.0. The molecule has 1 N–H and O–H groups in total. The number of rotatable bonds is 8.